The van der Waals surface area contributed by atoms with Crippen LogP contribution in [-0.2, 0) is 10.2 Å². The summed E-state index contributed by atoms with van der Waals surface area (Å²) in [6.45, 7) is 9.92. The minimum Gasteiger partial charge on any atom is -0.370 e. The topological polar surface area (TPSA) is 81.4 Å². The zero-order valence-corrected chi connectivity index (χ0v) is 21.5. The van der Waals surface area contributed by atoms with Crippen LogP contribution in [0, 0.1) is 18.3 Å². The van der Waals surface area contributed by atoms with Crippen molar-refractivity contribution in [3.05, 3.63) is 47.2 Å². The Bertz CT molecular complexity index is 1320. The Balaban J connectivity index is 1.42. The summed E-state index contributed by atoms with van der Waals surface area (Å²) in [4.78, 5) is 25.9. The van der Waals surface area contributed by atoms with E-state index in [0.717, 1.165) is 25.7 Å². The number of pyridine rings is 1. The average Bonchev–Trinajstić information content (AvgIpc) is 3.69. The zero-order chi connectivity index (χ0) is 25.7. The standard InChI is InChI=1S/C25H31FN6O3S/c1-27-25(8-9-25)18-6-10-30(11-7-18)23-20-16-19(26)4-5-22(20)28-17-21(23)24(33)31-12-14-32(15-13-31)36(34,35)29(2)3/h4-5,16-18H,6-15H2,2-3H3. The molecule has 3 fully saturated rings. The highest BCUT2D eigenvalue weighted by Gasteiger charge is 2.57. The van der Waals surface area contributed by atoms with Gasteiger partial charge in [-0.15, -0.1) is 0 Å². The number of piperidine rings is 1. The average molecular weight is 515 g/mol. The molecule has 3 aliphatic rings. The van der Waals surface area contributed by atoms with Gasteiger partial charge in [0.2, 0.25) is 5.54 Å². The van der Waals surface area contributed by atoms with Gasteiger partial charge in [0, 0.05) is 83.7 Å². The molecule has 3 heterocycles. The van der Waals surface area contributed by atoms with Gasteiger partial charge in [0.05, 0.1) is 16.8 Å². The molecule has 0 bridgehead atoms. The van der Waals surface area contributed by atoms with Gasteiger partial charge in [0.25, 0.3) is 16.1 Å². The number of benzene rings is 1. The van der Waals surface area contributed by atoms with E-state index < -0.39 is 16.0 Å². The number of hydrogen-bond donors (Lipinski definition) is 0. The number of nitrogens with zero attached hydrogens (tertiary/aromatic N) is 6. The number of carbonyl (C=O) groups excluding carboxylic acids is 1. The molecule has 0 spiro atoms. The number of piperazine rings is 1. The second-order valence-corrected chi connectivity index (χ2v) is 12.3. The molecule has 0 atom stereocenters. The Hall–Kier alpha value is -2.81. The van der Waals surface area contributed by atoms with Crippen molar-refractivity contribution < 1.29 is 17.6 Å². The highest BCUT2D eigenvalue weighted by molar-refractivity contribution is 7.86. The molecule has 2 aromatic rings. The summed E-state index contributed by atoms with van der Waals surface area (Å²) in [5.74, 6) is -0.271. The van der Waals surface area contributed by atoms with Gasteiger partial charge in [-0.05, 0) is 31.0 Å². The molecule has 1 aliphatic carbocycles. The number of carbonyl (C=O) groups is 1. The predicted molar refractivity (Wildman–Crippen MR) is 135 cm³/mol. The van der Waals surface area contributed by atoms with Crippen LogP contribution < -0.4 is 4.90 Å². The van der Waals surface area contributed by atoms with Crippen LogP contribution in [0.4, 0.5) is 10.1 Å². The molecule has 1 aromatic heterocycles. The minimum absolute atomic E-state index is 0.205. The summed E-state index contributed by atoms with van der Waals surface area (Å²) in [6, 6.07) is 4.42. The quantitative estimate of drug-likeness (QED) is 0.573. The van der Waals surface area contributed by atoms with E-state index in [1.165, 1.54) is 34.8 Å². The van der Waals surface area contributed by atoms with Crippen molar-refractivity contribution in [3.63, 3.8) is 0 Å². The number of hydrogen-bond acceptors (Lipinski definition) is 5. The van der Waals surface area contributed by atoms with Crippen molar-refractivity contribution in [1.29, 1.82) is 0 Å². The number of anilines is 1. The summed E-state index contributed by atoms with van der Waals surface area (Å²) >= 11 is 0. The second-order valence-electron chi connectivity index (χ2n) is 10.1. The van der Waals surface area contributed by atoms with Crippen molar-refractivity contribution in [3.8, 4) is 0 Å². The first kappa shape index (κ1) is 24.9. The van der Waals surface area contributed by atoms with E-state index in [4.69, 9.17) is 6.57 Å². The largest absolute Gasteiger partial charge is 0.370 e. The van der Waals surface area contributed by atoms with E-state index in [2.05, 4.69) is 14.7 Å². The highest BCUT2D eigenvalue weighted by Crippen LogP contribution is 2.50. The first-order valence-corrected chi connectivity index (χ1v) is 13.7. The SMILES string of the molecule is [C-]#[N+]C1(C2CCN(c3c(C(=O)N4CCN(S(=O)(=O)N(C)C)CC4)cnc4ccc(F)cc34)CC2)CC1. The lowest BCUT2D eigenvalue weighted by Gasteiger charge is -2.37. The van der Waals surface area contributed by atoms with Crippen LogP contribution in [0.15, 0.2) is 24.4 Å². The third kappa shape index (κ3) is 4.31. The molecule has 1 aromatic carbocycles. The van der Waals surface area contributed by atoms with E-state index in [1.54, 1.807) is 17.2 Å². The van der Waals surface area contributed by atoms with Crippen LogP contribution in [0.25, 0.3) is 15.7 Å². The first-order chi connectivity index (χ1) is 17.2. The molecule has 0 N–H and O–H groups in total. The van der Waals surface area contributed by atoms with Gasteiger partial charge in [-0.3, -0.25) is 9.78 Å². The van der Waals surface area contributed by atoms with Gasteiger partial charge in [-0.2, -0.15) is 17.0 Å². The van der Waals surface area contributed by atoms with E-state index in [-0.39, 0.29) is 37.6 Å². The van der Waals surface area contributed by atoms with E-state index in [1.807, 2.05) is 0 Å². The number of halogens is 1. The summed E-state index contributed by atoms with van der Waals surface area (Å²) in [5.41, 5.74) is 1.50. The van der Waals surface area contributed by atoms with Crippen molar-refractivity contribution >= 4 is 32.7 Å². The summed E-state index contributed by atoms with van der Waals surface area (Å²) in [6.07, 6.45) is 5.20. The molecule has 36 heavy (non-hydrogen) atoms. The van der Waals surface area contributed by atoms with Gasteiger partial charge in [0.1, 0.15) is 5.82 Å². The van der Waals surface area contributed by atoms with Crippen LogP contribution in [0.1, 0.15) is 36.0 Å². The number of amides is 1. The van der Waals surface area contributed by atoms with Crippen LogP contribution >= 0.6 is 0 Å². The lowest BCUT2D eigenvalue weighted by Crippen LogP contribution is -2.53. The summed E-state index contributed by atoms with van der Waals surface area (Å²) in [5, 5.41) is 0.597. The first-order valence-electron chi connectivity index (χ1n) is 12.3. The fourth-order valence-electron chi connectivity index (χ4n) is 5.55. The number of fused-ring (bicyclic) bond motifs is 1. The van der Waals surface area contributed by atoms with Crippen LogP contribution in [-0.4, -0.2) is 91.7 Å². The Morgan fingerprint density at radius 3 is 2.39 bits per heavy atom. The highest BCUT2D eigenvalue weighted by atomic mass is 32.2. The number of rotatable bonds is 5. The Labute approximate surface area is 211 Å². The minimum atomic E-state index is -3.54. The molecule has 1 amide bonds. The Morgan fingerprint density at radius 2 is 1.81 bits per heavy atom. The maximum Gasteiger partial charge on any atom is 0.281 e. The monoisotopic (exact) mass is 514 g/mol. The van der Waals surface area contributed by atoms with Gasteiger partial charge in [-0.1, -0.05) is 0 Å². The molecular weight excluding hydrogens is 483 g/mol. The lowest BCUT2D eigenvalue weighted by atomic mass is 9.87. The lowest BCUT2D eigenvalue weighted by molar-refractivity contribution is 0.0695. The van der Waals surface area contributed by atoms with Gasteiger partial charge >= 0.3 is 0 Å². The van der Waals surface area contributed by atoms with Gasteiger partial charge < -0.3 is 14.6 Å². The number of aromatic nitrogens is 1. The van der Waals surface area contributed by atoms with E-state index in [0.29, 0.717) is 41.2 Å². The third-order valence-electron chi connectivity index (χ3n) is 7.90. The van der Waals surface area contributed by atoms with Crippen molar-refractivity contribution in [2.75, 3.05) is 58.3 Å². The fraction of sp³-hybridized carbons (Fsp3) is 0.560. The molecule has 2 aliphatic heterocycles. The van der Waals surface area contributed by atoms with E-state index >= 15 is 0 Å². The second kappa shape index (κ2) is 9.25. The smallest absolute Gasteiger partial charge is 0.281 e. The predicted octanol–water partition coefficient (Wildman–Crippen LogP) is 2.61. The van der Waals surface area contributed by atoms with Crippen molar-refractivity contribution in [1.82, 2.24) is 18.5 Å². The van der Waals surface area contributed by atoms with Crippen LogP contribution in [0.3, 0.4) is 0 Å². The zero-order valence-electron chi connectivity index (χ0n) is 20.7. The van der Waals surface area contributed by atoms with Crippen LogP contribution in [0.2, 0.25) is 0 Å². The maximum absolute atomic E-state index is 14.3. The fourth-order valence-corrected chi connectivity index (χ4v) is 6.64. The van der Waals surface area contributed by atoms with Gasteiger partial charge in [0.15, 0.2) is 0 Å². The molecular formula is C25H31FN6O3S. The summed E-state index contributed by atoms with van der Waals surface area (Å²) < 4.78 is 41.8. The van der Waals surface area contributed by atoms with Crippen LogP contribution in [0.5, 0.6) is 0 Å². The molecule has 11 heteroatoms. The molecule has 0 unspecified atom stereocenters. The maximum atomic E-state index is 14.3. The normalized spacial score (nSPS) is 21.1. The summed E-state index contributed by atoms with van der Waals surface area (Å²) in [7, 11) is -0.559. The van der Waals surface area contributed by atoms with Crippen molar-refractivity contribution in [2.24, 2.45) is 5.92 Å². The van der Waals surface area contributed by atoms with Crippen molar-refractivity contribution in [2.45, 2.75) is 31.2 Å². The third-order valence-corrected chi connectivity index (χ3v) is 9.84. The molecule has 0 radical (unpaired) electrons. The molecule has 192 valence electrons. The molecule has 1 saturated carbocycles. The molecule has 2 saturated heterocycles. The molecule has 5 rings (SSSR count). The molecule has 9 nitrogen and oxygen atoms in total. The van der Waals surface area contributed by atoms with E-state index in [9.17, 15) is 17.6 Å². The Morgan fingerprint density at radius 1 is 1.14 bits per heavy atom. The van der Waals surface area contributed by atoms with Gasteiger partial charge in [-0.25, -0.2) is 11.0 Å². The Kier molecular flexibility index (Phi) is 6.39.